The molecule has 0 aliphatic heterocycles. The highest BCUT2D eigenvalue weighted by atomic mass is 32.1. The SMILES string of the molecule is Oc1ccc2c(c1)sc1cc(O)ccc12. The summed E-state index contributed by atoms with van der Waals surface area (Å²) in [6.45, 7) is 0. The van der Waals surface area contributed by atoms with E-state index in [1.54, 1.807) is 35.6 Å². The summed E-state index contributed by atoms with van der Waals surface area (Å²) in [6, 6.07) is 10.7. The number of phenolic OH excluding ortho intramolecular Hbond substituents is 2. The Balaban J connectivity index is 2.51. The van der Waals surface area contributed by atoms with Crippen LogP contribution in [0.1, 0.15) is 0 Å². The number of phenols is 2. The van der Waals surface area contributed by atoms with E-state index in [0.717, 1.165) is 20.2 Å². The van der Waals surface area contributed by atoms with Crippen LogP contribution in [0.2, 0.25) is 0 Å². The summed E-state index contributed by atoms with van der Waals surface area (Å²) in [7, 11) is 0. The van der Waals surface area contributed by atoms with Gasteiger partial charge >= 0.3 is 0 Å². The first-order valence-electron chi connectivity index (χ1n) is 4.58. The fourth-order valence-corrected chi connectivity index (χ4v) is 2.93. The monoisotopic (exact) mass is 216 g/mol. The molecule has 2 nitrogen and oxygen atoms in total. The number of fused-ring (bicyclic) bond motifs is 3. The van der Waals surface area contributed by atoms with Gasteiger partial charge in [0.15, 0.2) is 0 Å². The summed E-state index contributed by atoms with van der Waals surface area (Å²) in [4.78, 5) is 0. The van der Waals surface area contributed by atoms with Crippen LogP contribution in [-0.2, 0) is 0 Å². The van der Waals surface area contributed by atoms with Gasteiger partial charge in [0.1, 0.15) is 11.5 Å². The summed E-state index contributed by atoms with van der Waals surface area (Å²) < 4.78 is 2.08. The van der Waals surface area contributed by atoms with Gasteiger partial charge in [-0.15, -0.1) is 11.3 Å². The Morgan fingerprint density at radius 1 is 0.733 bits per heavy atom. The van der Waals surface area contributed by atoms with Crippen LogP contribution in [-0.4, -0.2) is 10.2 Å². The lowest BCUT2D eigenvalue weighted by atomic mass is 10.1. The second kappa shape index (κ2) is 2.87. The average Bonchev–Trinajstić information content (AvgIpc) is 2.53. The smallest absolute Gasteiger partial charge is 0.117 e. The minimum Gasteiger partial charge on any atom is -0.508 e. The Hall–Kier alpha value is -1.74. The molecule has 0 spiro atoms. The normalized spacial score (nSPS) is 11.2. The molecule has 3 rings (SSSR count). The zero-order chi connectivity index (χ0) is 10.4. The van der Waals surface area contributed by atoms with Gasteiger partial charge in [0.25, 0.3) is 0 Å². The van der Waals surface area contributed by atoms with Crippen molar-refractivity contribution in [2.24, 2.45) is 0 Å². The highest BCUT2D eigenvalue weighted by molar-refractivity contribution is 7.25. The number of aromatic hydroxyl groups is 2. The van der Waals surface area contributed by atoms with E-state index in [1.807, 2.05) is 12.1 Å². The van der Waals surface area contributed by atoms with Crippen molar-refractivity contribution < 1.29 is 10.2 Å². The maximum absolute atomic E-state index is 9.37. The van der Waals surface area contributed by atoms with E-state index in [0.29, 0.717) is 0 Å². The summed E-state index contributed by atoms with van der Waals surface area (Å²) >= 11 is 1.57. The van der Waals surface area contributed by atoms with E-state index in [-0.39, 0.29) is 11.5 Å². The molecule has 1 heterocycles. The second-order valence-electron chi connectivity index (χ2n) is 3.46. The molecule has 0 unspecified atom stereocenters. The third-order valence-electron chi connectivity index (χ3n) is 2.44. The van der Waals surface area contributed by atoms with Crippen molar-refractivity contribution in [2.75, 3.05) is 0 Å². The molecule has 2 aromatic carbocycles. The van der Waals surface area contributed by atoms with Gasteiger partial charge in [0.05, 0.1) is 0 Å². The van der Waals surface area contributed by atoms with E-state index in [1.165, 1.54) is 0 Å². The third-order valence-corrected chi connectivity index (χ3v) is 3.56. The molecule has 0 saturated heterocycles. The van der Waals surface area contributed by atoms with Crippen LogP contribution in [0, 0.1) is 0 Å². The number of thiophene rings is 1. The Bertz CT molecular complexity index is 599. The maximum Gasteiger partial charge on any atom is 0.117 e. The van der Waals surface area contributed by atoms with Gasteiger partial charge in [-0.25, -0.2) is 0 Å². The first kappa shape index (κ1) is 8.56. The van der Waals surface area contributed by atoms with Crippen molar-refractivity contribution in [3.8, 4) is 11.5 Å². The van der Waals surface area contributed by atoms with Crippen molar-refractivity contribution in [1.82, 2.24) is 0 Å². The molecule has 0 saturated carbocycles. The lowest BCUT2D eigenvalue weighted by molar-refractivity contribution is 0.475. The van der Waals surface area contributed by atoms with Gasteiger partial charge in [-0.2, -0.15) is 0 Å². The molecule has 1 aromatic heterocycles. The van der Waals surface area contributed by atoms with Crippen molar-refractivity contribution in [3.05, 3.63) is 36.4 Å². The Kier molecular flexibility index (Phi) is 1.64. The highest BCUT2D eigenvalue weighted by Gasteiger charge is 2.05. The quantitative estimate of drug-likeness (QED) is 0.604. The Labute approximate surface area is 90.0 Å². The molecule has 15 heavy (non-hydrogen) atoms. The van der Waals surface area contributed by atoms with Crippen molar-refractivity contribution >= 4 is 31.5 Å². The summed E-state index contributed by atoms with van der Waals surface area (Å²) in [5.41, 5.74) is 0. The number of benzene rings is 2. The van der Waals surface area contributed by atoms with E-state index in [9.17, 15) is 10.2 Å². The zero-order valence-electron chi connectivity index (χ0n) is 7.77. The summed E-state index contributed by atoms with van der Waals surface area (Å²) in [6.07, 6.45) is 0. The van der Waals surface area contributed by atoms with E-state index < -0.39 is 0 Å². The van der Waals surface area contributed by atoms with E-state index in [4.69, 9.17) is 0 Å². The van der Waals surface area contributed by atoms with Crippen molar-refractivity contribution in [3.63, 3.8) is 0 Å². The molecule has 3 heteroatoms. The molecule has 0 radical (unpaired) electrons. The Morgan fingerprint density at radius 2 is 1.20 bits per heavy atom. The fourth-order valence-electron chi connectivity index (χ4n) is 1.75. The molecule has 0 fully saturated rings. The first-order chi connectivity index (χ1) is 7.24. The number of rotatable bonds is 0. The largest absolute Gasteiger partial charge is 0.508 e. The topological polar surface area (TPSA) is 40.5 Å². The molecule has 0 atom stereocenters. The van der Waals surface area contributed by atoms with Crippen molar-refractivity contribution in [1.29, 1.82) is 0 Å². The third kappa shape index (κ3) is 1.24. The minimum atomic E-state index is 0.276. The van der Waals surface area contributed by atoms with Crippen LogP contribution in [0.25, 0.3) is 20.2 Å². The first-order valence-corrected chi connectivity index (χ1v) is 5.40. The van der Waals surface area contributed by atoms with Gasteiger partial charge < -0.3 is 10.2 Å². The van der Waals surface area contributed by atoms with Crippen LogP contribution < -0.4 is 0 Å². The van der Waals surface area contributed by atoms with Crippen LogP contribution in [0.3, 0.4) is 0 Å². The fraction of sp³-hybridized carbons (Fsp3) is 0. The zero-order valence-corrected chi connectivity index (χ0v) is 8.58. The van der Waals surface area contributed by atoms with Crippen molar-refractivity contribution in [2.45, 2.75) is 0 Å². The second-order valence-corrected chi connectivity index (χ2v) is 4.55. The number of hydrogen-bond acceptors (Lipinski definition) is 3. The molecular formula is C12H8O2S. The van der Waals surface area contributed by atoms with Crippen LogP contribution in [0.4, 0.5) is 0 Å². The lowest BCUT2D eigenvalue weighted by Crippen LogP contribution is -1.66. The van der Waals surface area contributed by atoms with Crippen LogP contribution in [0.15, 0.2) is 36.4 Å². The van der Waals surface area contributed by atoms with Gasteiger partial charge in [0, 0.05) is 20.2 Å². The average molecular weight is 216 g/mol. The maximum atomic E-state index is 9.37. The van der Waals surface area contributed by atoms with Crippen LogP contribution >= 0.6 is 11.3 Å². The Morgan fingerprint density at radius 3 is 1.67 bits per heavy atom. The molecule has 74 valence electrons. The van der Waals surface area contributed by atoms with E-state index in [2.05, 4.69) is 0 Å². The van der Waals surface area contributed by atoms with Crippen LogP contribution in [0.5, 0.6) is 11.5 Å². The summed E-state index contributed by atoms with van der Waals surface area (Å²) in [5, 5.41) is 21.0. The predicted molar refractivity (Wildman–Crippen MR) is 62.7 cm³/mol. The summed E-state index contributed by atoms with van der Waals surface area (Å²) in [5.74, 6) is 0.552. The predicted octanol–water partition coefficient (Wildman–Crippen LogP) is 3.47. The molecular weight excluding hydrogens is 208 g/mol. The van der Waals surface area contributed by atoms with Gasteiger partial charge in [-0.05, 0) is 36.4 Å². The number of hydrogen-bond donors (Lipinski definition) is 2. The van der Waals surface area contributed by atoms with Gasteiger partial charge in [-0.3, -0.25) is 0 Å². The van der Waals surface area contributed by atoms with E-state index >= 15 is 0 Å². The molecule has 0 aliphatic rings. The molecule has 0 amide bonds. The van der Waals surface area contributed by atoms with Gasteiger partial charge in [0.2, 0.25) is 0 Å². The molecule has 0 aliphatic carbocycles. The standard InChI is InChI=1S/C12H8O2S/c13-7-1-3-9-10-4-2-8(14)6-12(10)15-11(9)5-7/h1-6,13-14H. The highest BCUT2D eigenvalue weighted by Crippen LogP contribution is 2.36. The molecule has 0 bridgehead atoms. The lowest BCUT2D eigenvalue weighted by Gasteiger charge is -1.93. The molecule has 3 aromatic rings. The molecule has 2 N–H and O–H groups in total. The minimum absolute atomic E-state index is 0.276. The van der Waals surface area contributed by atoms with Gasteiger partial charge in [-0.1, -0.05) is 0 Å².